The minimum Gasteiger partial charge on any atom is -0.319 e. The molecule has 3 aromatic rings. The lowest BCUT2D eigenvalue weighted by Gasteiger charge is -2.11. The lowest BCUT2D eigenvalue weighted by Crippen LogP contribution is -2.31. The monoisotopic (exact) mass is 383 g/mol. The maximum Gasteiger partial charge on any atom is 0.355 e. The Morgan fingerprint density at radius 3 is 2.54 bits per heavy atom. The summed E-state index contributed by atoms with van der Waals surface area (Å²) in [6.07, 6.45) is 2.66. The zero-order valence-electron chi connectivity index (χ0n) is 14.5. The van der Waals surface area contributed by atoms with E-state index >= 15 is 0 Å². The van der Waals surface area contributed by atoms with E-state index in [4.69, 9.17) is 0 Å². The SMILES string of the molecule is Cc1ccc(Nc2ncnc(NNC(=O)c3ccccc3F)c2[N+](=O)[O-])nc1. The first kappa shape index (κ1) is 18.6. The molecular formula is C17H14FN7O3. The summed E-state index contributed by atoms with van der Waals surface area (Å²) >= 11 is 0. The smallest absolute Gasteiger partial charge is 0.319 e. The summed E-state index contributed by atoms with van der Waals surface area (Å²) in [6, 6.07) is 8.73. The average Bonchev–Trinajstić information content (AvgIpc) is 2.68. The minimum atomic E-state index is -0.819. The van der Waals surface area contributed by atoms with Gasteiger partial charge in [0.25, 0.3) is 5.91 Å². The Kier molecular flexibility index (Phi) is 5.35. The van der Waals surface area contributed by atoms with E-state index in [1.54, 1.807) is 18.3 Å². The number of hydrazine groups is 1. The highest BCUT2D eigenvalue weighted by Crippen LogP contribution is 2.30. The fourth-order valence-electron chi connectivity index (χ4n) is 2.23. The molecule has 0 aliphatic rings. The van der Waals surface area contributed by atoms with E-state index in [9.17, 15) is 19.3 Å². The van der Waals surface area contributed by atoms with Crippen LogP contribution in [0.3, 0.4) is 0 Å². The van der Waals surface area contributed by atoms with Crippen LogP contribution in [0.15, 0.2) is 48.9 Å². The Morgan fingerprint density at radius 1 is 1.11 bits per heavy atom. The Hall–Kier alpha value is -4.15. The van der Waals surface area contributed by atoms with Crippen molar-refractivity contribution in [2.75, 3.05) is 10.7 Å². The second-order valence-electron chi connectivity index (χ2n) is 5.58. The molecule has 0 spiro atoms. The number of hydrogen-bond donors (Lipinski definition) is 3. The number of benzene rings is 1. The lowest BCUT2D eigenvalue weighted by molar-refractivity contribution is -0.383. The molecule has 0 aliphatic carbocycles. The summed E-state index contributed by atoms with van der Waals surface area (Å²) in [5.74, 6) is -1.61. The number of rotatable bonds is 6. The van der Waals surface area contributed by atoms with Gasteiger partial charge in [-0.05, 0) is 30.7 Å². The molecule has 0 bridgehead atoms. The first-order chi connectivity index (χ1) is 13.5. The third-order valence-corrected chi connectivity index (χ3v) is 3.58. The van der Waals surface area contributed by atoms with Crippen LogP contribution in [-0.4, -0.2) is 25.8 Å². The largest absolute Gasteiger partial charge is 0.355 e. The predicted molar refractivity (Wildman–Crippen MR) is 98.4 cm³/mol. The van der Waals surface area contributed by atoms with Crippen molar-refractivity contribution in [2.45, 2.75) is 6.92 Å². The Bertz CT molecular complexity index is 1030. The molecule has 1 aromatic carbocycles. The number of halogens is 1. The van der Waals surface area contributed by atoms with Gasteiger partial charge in [-0.15, -0.1) is 0 Å². The maximum absolute atomic E-state index is 13.7. The van der Waals surface area contributed by atoms with Crippen molar-refractivity contribution in [3.63, 3.8) is 0 Å². The van der Waals surface area contributed by atoms with Crippen LogP contribution in [0.4, 0.5) is 27.5 Å². The van der Waals surface area contributed by atoms with Gasteiger partial charge in [-0.1, -0.05) is 18.2 Å². The summed E-state index contributed by atoms with van der Waals surface area (Å²) < 4.78 is 13.7. The number of carbonyl (C=O) groups excluding carboxylic acids is 1. The van der Waals surface area contributed by atoms with Crippen LogP contribution in [0.2, 0.25) is 0 Å². The highest BCUT2D eigenvalue weighted by atomic mass is 19.1. The molecule has 0 fully saturated rings. The van der Waals surface area contributed by atoms with Crippen molar-refractivity contribution in [3.05, 3.63) is 76.0 Å². The van der Waals surface area contributed by atoms with Crippen molar-refractivity contribution in [1.82, 2.24) is 20.4 Å². The number of amides is 1. The van der Waals surface area contributed by atoms with Crippen molar-refractivity contribution in [3.8, 4) is 0 Å². The van der Waals surface area contributed by atoms with E-state index in [1.165, 1.54) is 18.2 Å². The molecule has 0 aliphatic heterocycles. The van der Waals surface area contributed by atoms with E-state index in [2.05, 4.69) is 31.1 Å². The normalized spacial score (nSPS) is 10.2. The number of anilines is 3. The number of hydrogen-bond acceptors (Lipinski definition) is 8. The standard InChI is InChI=1S/C17H14FN7O3/c1-10-6-7-13(19-8-10)22-15-14(25(27)28)16(21-9-20-15)23-24-17(26)11-4-2-3-5-12(11)18/h2-9H,1H3,(H,24,26)(H2,19,20,21,22,23). The summed E-state index contributed by atoms with van der Waals surface area (Å²) in [7, 11) is 0. The van der Waals surface area contributed by atoms with E-state index in [1.807, 2.05) is 6.92 Å². The molecule has 11 heteroatoms. The zero-order valence-corrected chi connectivity index (χ0v) is 14.5. The van der Waals surface area contributed by atoms with Gasteiger partial charge in [0.15, 0.2) is 0 Å². The van der Waals surface area contributed by atoms with Crippen LogP contribution in [-0.2, 0) is 0 Å². The number of nitrogens with one attached hydrogen (secondary N) is 3. The molecule has 0 atom stereocenters. The van der Waals surface area contributed by atoms with Gasteiger partial charge < -0.3 is 5.32 Å². The molecule has 142 valence electrons. The third-order valence-electron chi connectivity index (χ3n) is 3.58. The van der Waals surface area contributed by atoms with E-state index in [0.29, 0.717) is 5.82 Å². The van der Waals surface area contributed by atoms with E-state index in [-0.39, 0.29) is 17.2 Å². The van der Waals surface area contributed by atoms with E-state index in [0.717, 1.165) is 18.0 Å². The van der Waals surface area contributed by atoms with Crippen LogP contribution >= 0.6 is 0 Å². The van der Waals surface area contributed by atoms with Gasteiger partial charge >= 0.3 is 5.69 Å². The van der Waals surface area contributed by atoms with Crippen molar-refractivity contribution >= 4 is 29.0 Å². The highest BCUT2D eigenvalue weighted by Gasteiger charge is 2.24. The summed E-state index contributed by atoms with van der Waals surface area (Å²) in [6.45, 7) is 1.85. The fourth-order valence-corrected chi connectivity index (χ4v) is 2.23. The lowest BCUT2D eigenvalue weighted by atomic mass is 10.2. The first-order valence-electron chi connectivity index (χ1n) is 7.95. The first-order valence-corrected chi connectivity index (χ1v) is 7.95. The quantitative estimate of drug-likeness (QED) is 0.437. The molecule has 10 nitrogen and oxygen atoms in total. The van der Waals surface area contributed by atoms with Crippen LogP contribution in [0, 0.1) is 22.9 Å². The average molecular weight is 383 g/mol. The molecule has 28 heavy (non-hydrogen) atoms. The van der Waals surface area contributed by atoms with Crippen molar-refractivity contribution in [2.24, 2.45) is 0 Å². The van der Waals surface area contributed by atoms with Crippen LogP contribution < -0.4 is 16.2 Å². The molecular weight excluding hydrogens is 369 g/mol. The molecule has 0 radical (unpaired) electrons. The molecule has 0 unspecified atom stereocenters. The summed E-state index contributed by atoms with van der Waals surface area (Å²) in [5, 5.41) is 14.2. The number of nitro groups is 1. The van der Waals surface area contributed by atoms with Crippen LogP contribution in [0.1, 0.15) is 15.9 Å². The minimum absolute atomic E-state index is 0.126. The van der Waals surface area contributed by atoms with E-state index < -0.39 is 22.3 Å². The molecule has 1 amide bonds. The van der Waals surface area contributed by atoms with Gasteiger partial charge in [-0.25, -0.2) is 19.3 Å². The van der Waals surface area contributed by atoms with Crippen LogP contribution in [0.25, 0.3) is 0 Å². The summed E-state index contributed by atoms with van der Waals surface area (Å²) in [4.78, 5) is 34.6. The number of aromatic nitrogens is 3. The number of aryl methyl sites for hydroxylation is 1. The molecule has 3 rings (SSSR count). The van der Waals surface area contributed by atoms with Gasteiger partial charge in [-0.3, -0.25) is 25.8 Å². The second kappa shape index (κ2) is 8.03. The van der Waals surface area contributed by atoms with Gasteiger partial charge in [0.1, 0.15) is 18.0 Å². The van der Waals surface area contributed by atoms with Gasteiger partial charge in [0, 0.05) is 6.20 Å². The molecule has 0 saturated heterocycles. The van der Waals surface area contributed by atoms with Gasteiger partial charge in [0.2, 0.25) is 11.6 Å². The second-order valence-corrected chi connectivity index (χ2v) is 5.58. The number of carbonyl (C=O) groups is 1. The van der Waals surface area contributed by atoms with Crippen LogP contribution in [0.5, 0.6) is 0 Å². The molecule has 2 heterocycles. The zero-order chi connectivity index (χ0) is 20.1. The maximum atomic E-state index is 13.7. The Balaban J connectivity index is 1.83. The summed E-state index contributed by atoms with van der Waals surface area (Å²) in [5.41, 5.74) is 4.69. The Morgan fingerprint density at radius 2 is 1.86 bits per heavy atom. The van der Waals surface area contributed by atoms with Crippen molar-refractivity contribution < 1.29 is 14.1 Å². The molecule has 0 saturated carbocycles. The Labute approximate surface area is 158 Å². The number of nitrogens with zero attached hydrogens (tertiary/aromatic N) is 4. The van der Waals surface area contributed by atoms with Gasteiger partial charge in [-0.2, -0.15) is 0 Å². The molecule has 3 N–H and O–H groups in total. The number of pyridine rings is 1. The molecule has 2 aromatic heterocycles. The predicted octanol–water partition coefficient (Wildman–Crippen LogP) is 2.73. The fraction of sp³-hybridized carbons (Fsp3) is 0.0588. The van der Waals surface area contributed by atoms with Crippen molar-refractivity contribution in [1.29, 1.82) is 0 Å². The topological polar surface area (TPSA) is 135 Å². The highest BCUT2D eigenvalue weighted by molar-refractivity contribution is 5.95. The van der Waals surface area contributed by atoms with Gasteiger partial charge in [0.05, 0.1) is 10.5 Å². The third kappa shape index (κ3) is 4.15.